The second kappa shape index (κ2) is 8.50. The van der Waals surface area contributed by atoms with Gasteiger partial charge in [0.15, 0.2) is 0 Å². The van der Waals surface area contributed by atoms with Crippen molar-refractivity contribution in [3.05, 3.63) is 23.8 Å². The first-order valence-corrected chi connectivity index (χ1v) is 11.8. The Kier molecular flexibility index (Phi) is 7.29. The molecule has 1 aromatic rings. The molecule has 0 unspecified atom stereocenters. The maximum Gasteiger partial charge on any atom is 0.415 e. The van der Waals surface area contributed by atoms with Crippen molar-refractivity contribution in [2.45, 2.75) is 46.3 Å². The average molecular weight is 338 g/mol. The molecule has 0 fully saturated rings. The summed E-state index contributed by atoms with van der Waals surface area (Å²) in [4.78, 5) is 14.2. The Morgan fingerprint density at radius 3 is 2.30 bits per heavy atom. The number of hydrogen-bond donors (Lipinski definition) is 0. The van der Waals surface area contributed by atoms with E-state index in [4.69, 9.17) is 9.47 Å². The molecular weight excluding hydrogens is 306 g/mol. The van der Waals surface area contributed by atoms with Crippen molar-refractivity contribution in [3.8, 4) is 5.75 Å². The highest BCUT2D eigenvalue weighted by Crippen LogP contribution is 2.28. The molecule has 1 rings (SSSR count). The molecule has 4 nitrogen and oxygen atoms in total. The van der Waals surface area contributed by atoms with E-state index in [1.54, 1.807) is 12.0 Å². The molecule has 1 atom stereocenters. The van der Waals surface area contributed by atoms with Crippen molar-refractivity contribution in [2.24, 2.45) is 0 Å². The van der Waals surface area contributed by atoms with E-state index in [1.165, 1.54) is 5.19 Å². The quantitative estimate of drug-likeness (QED) is 0.710. The van der Waals surface area contributed by atoms with E-state index in [2.05, 4.69) is 38.7 Å². The van der Waals surface area contributed by atoms with Crippen molar-refractivity contribution in [1.82, 2.24) is 4.90 Å². The zero-order chi connectivity index (χ0) is 17.6. The van der Waals surface area contributed by atoms with Crippen LogP contribution >= 0.6 is 0 Å². The molecule has 0 aliphatic heterocycles. The highest BCUT2D eigenvalue weighted by molar-refractivity contribution is 6.89. The number of carbonyl (C=O) groups excluding carboxylic acids is 1. The summed E-state index contributed by atoms with van der Waals surface area (Å²) in [6.45, 7) is 14.7. The van der Waals surface area contributed by atoms with Gasteiger partial charge in [-0.2, -0.15) is 0 Å². The summed E-state index contributed by atoms with van der Waals surface area (Å²) in [6.07, 6.45) is -0.272. The van der Waals surface area contributed by atoms with Gasteiger partial charge in [0, 0.05) is 26.1 Å². The number of hydrogen-bond acceptors (Lipinski definition) is 3. The lowest BCUT2D eigenvalue weighted by atomic mass is 10.0. The second-order valence-corrected chi connectivity index (χ2v) is 11.9. The van der Waals surface area contributed by atoms with Gasteiger partial charge in [0.05, 0.1) is 14.7 Å². The Labute approximate surface area is 141 Å². The van der Waals surface area contributed by atoms with Gasteiger partial charge in [-0.25, -0.2) is 4.79 Å². The van der Waals surface area contributed by atoms with Gasteiger partial charge in [-0.3, -0.25) is 0 Å². The molecular formula is C18H31NO3Si. The summed E-state index contributed by atoms with van der Waals surface area (Å²) in [6, 6.07) is 6.20. The van der Waals surface area contributed by atoms with E-state index in [-0.39, 0.29) is 12.0 Å². The zero-order valence-electron chi connectivity index (χ0n) is 15.6. The van der Waals surface area contributed by atoms with Gasteiger partial charge in [0.25, 0.3) is 0 Å². The molecule has 0 heterocycles. The molecule has 1 amide bonds. The highest BCUT2D eigenvalue weighted by Gasteiger charge is 2.27. The number of amides is 1. The van der Waals surface area contributed by atoms with Crippen LogP contribution in [0.25, 0.3) is 0 Å². The SMILES string of the molecule is CCN(CC)C(=O)Oc1c([C@H](C)COC)cccc1[Si](C)(C)C. The summed E-state index contributed by atoms with van der Waals surface area (Å²) in [5.41, 5.74) is 1.05. The third-order valence-electron chi connectivity index (χ3n) is 4.01. The Morgan fingerprint density at radius 2 is 1.83 bits per heavy atom. The molecule has 0 aromatic heterocycles. The molecule has 0 aliphatic rings. The van der Waals surface area contributed by atoms with Crippen LogP contribution in [0.3, 0.4) is 0 Å². The predicted octanol–water partition coefficient (Wildman–Crippen LogP) is 3.82. The Balaban J connectivity index is 3.31. The topological polar surface area (TPSA) is 38.8 Å². The Bertz CT molecular complexity index is 521. The smallest absolute Gasteiger partial charge is 0.410 e. The van der Waals surface area contributed by atoms with Gasteiger partial charge >= 0.3 is 6.09 Å². The van der Waals surface area contributed by atoms with Crippen LogP contribution < -0.4 is 9.92 Å². The van der Waals surface area contributed by atoms with Crippen LogP contribution in [0.1, 0.15) is 32.3 Å². The molecule has 130 valence electrons. The average Bonchev–Trinajstić information content (AvgIpc) is 2.47. The number of methoxy groups -OCH3 is 1. The molecule has 0 bridgehead atoms. The van der Waals surface area contributed by atoms with Crippen molar-refractivity contribution in [2.75, 3.05) is 26.8 Å². The largest absolute Gasteiger partial charge is 0.415 e. The molecule has 0 saturated heterocycles. The summed E-state index contributed by atoms with van der Waals surface area (Å²) < 4.78 is 11.2. The van der Waals surface area contributed by atoms with E-state index < -0.39 is 8.07 Å². The number of benzene rings is 1. The lowest BCUT2D eigenvalue weighted by molar-refractivity contribution is 0.155. The maximum atomic E-state index is 12.5. The minimum Gasteiger partial charge on any atom is -0.410 e. The monoisotopic (exact) mass is 337 g/mol. The Morgan fingerprint density at radius 1 is 1.22 bits per heavy atom. The zero-order valence-corrected chi connectivity index (χ0v) is 16.6. The molecule has 0 N–H and O–H groups in total. The fraction of sp³-hybridized carbons (Fsp3) is 0.611. The molecule has 0 spiro atoms. The fourth-order valence-corrected chi connectivity index (χ4v) is 4.09. The highest BCUT2D eigenvalue weighted by atomic mass is 28.3. The molecule has 0 saturated carbocycles. The van der Waals surface area contributed by atoms with Crippen LogP contribution in [0.4, 0.5) is 4.79 Å². The van der Waals surface area contributed by atoms with E-state index in [0.717, 1.165) is 11.3 Å². The van der Waals surface area contributed by atoms with Gasteiger partial charge in [-0.1, -0.05) is 44.8 Å². The number of nitrogens with zero attached hydrogens (tertiary/aromatic N) is 1. The lowest BCUT2D eigenvalue weighted by Gasteiger charge is -2.26. The van der Waals surface area contributed by atoms with E-state index in [0.29, 0.717) is 19.7 Å². The first-order valence-electron chi connectivity index (χ1n) is 8.35. The summed E-state index contributed by atoms with van der Waals surface area (Å²) in [7, 11) is 0.0582. The van der Waals surface area contributed by atoms with E-state index in [9.17, 15) is 4.79 Å². The first kappa shape index (κ1) is 19.7. The van der Waals surface area contributed by atoms with Gasteiger partial charge in [-0.05, 0) is 24.6 Å². The Hall–Kier alpha value is -1.33. The van der Waals surface area contributed by atoms with Crippen LogP contribution in [0.15, 0.2) is 18.2 Å². The summed E-state index contributed by atoms with van der Waals surface area (Å²) in [5, 5.41) is 1.18. The minimum atomic E-state index is -1.64. The third-order valence-corrected chi connectivity index (χ3v) is 6.02. The van der Waals surface area contributed by atoms with Crippen molar-refractivity contribution >= 4 is 19.4 Å². The van der Waals surface area contributed by atoms with Crippen molar-refractivity contribution < 1.29 is 14.3 Å². The van der Waals surface area contributed by atoms with Crippen LogP contribution in [-0.4, -0.2) is 45.9 Å². The summed E-state index contributed by atoms with van der Waals surface area (Å²) >= 11 is 0. The number of carbonyl (C=O) groups is 1. The molecule has 0 radical (unpaired) electrons. The van der Waals surface area contributed by atoms with Crippen LogP contribution in [-0.2, 0) is 4.74 Å². The lowest BCUT2D eigenvalue weighted by Crippen LogP contribution is -2.41. The molecule has 23 heavy (non-hydrogen) atoms. The number of ether oxygens (including phenoxy) is 2. The standard InChI is InChI=1S/C18H31NO3Si/c1-8-19(9-2)18(20)22-17-15(14(3)13-21-4)11-10-12-16(17)23(5,6)7/h10-12,14H,8-9,13H2,1-7H3/t14-/m1/s1. The number of para-hydroxylation sites is 1. The van der Waals surface area contributed by atoms with Gasteiger partial charge < -0.3 is 14.4 Å². The fourth-order valence-electron chi connectivity index (χ4n) is 2.62. The van der Waals surface area contributed by atoms with Gasteiger partial charge in [0.2, 0.25) is 0 Å². The maximum absolute atomic E-state index is 12.5. The molecule has 1 aromatic carbocycles. The number of rotatable bonds is 7. The van der Waals surface area contributed by atoms with Crippen LogP contribution in [0.5, 0.6) is 5.75 Å². The second-order valence-electron chi connectivity index (χ2n) is 6.87. The van der Waals surface area contributed by atoms with Gasteiger partial charge in [0.1, 0.15) is 5.75 Å². The molecule has 0 aliphatic carbocycles. The van der Waals surface area contributed by atoms with E-state index >= 15 is 0 Å². The summed E-state index contributed by atoms with van der Waals surface area (Å²) in [5.74, 6) is 0.920. The normalized spacial score (nSPS) is 12.8. The predicted molar refractivity (Wildman–Crippen MR) is 98.7 cm³/mol. The van der Waals surface area contributed by atoms with Crippen LogP contribution in [0.2, 0.25) is 19.6 Å². The van der Waals surface area contributed by atoms with Gasteiger partial charge in [-0.15, -0.1) is 0 Å². The third kappa shape index (κ3) is 5.08. The van der Waals surface area contributed by atoms with E-state index in [1.807, 2.05) is 19.9 Å². The van der Waals surface area contributed by atoms with Crippen molar-refractivity contribution in [3.63, 3.8) is 0 Å². The molecule has 5 heteroatoms. The van der Waals surface area contributed by atoms with Crippen molar-refractivity contribution in [1.29, 1.82) is 0 Å². The first-order chi connectivity index (χ1) is 10.8. The minimum absolute atomic E-state index is 0.177. The van der Waals surface area contributed by atoms with Crippen LogP contribution in [0, 0.1) is 0 Å².